The molecule has 0 bridgehead atoms. The van der Waals surface area contributed by atoms with E-state index in [1.807, 2.05) is 31.2 Å². The molecule has 37 heavy (non-hydrogen) atoms. The van der Waals surface area contributed by atoms with E-state index < -0.39 is 30.9 Å². The summed E-state index contributed by atoms with van der Waals surface area (Å²) in [6.07, 6.45) is 1.03. The van der Waals surface area contributed by atoms with Crippen LogP contribution in [0.3, 0.4) is 0 Å². The number of nitrogens with zero attached hydrogens (tertiary/aromatic N) is 2. The molecule has 0 radical (unpaired) electrons. The maximum Gasteiger partial charge on any atom is 0.283 e. The van der Waals surface area contributed by atoms with Crippen LogP contribution in [0, 0.1) is 11.9 Å². The zero-order valence-corrected chi connectivity index (χ0v) is 24.3. The van der Waals surface area contributed by atoms with Crippen LogP contribution in [0.25, 0.3) is 10.9 Å². The summed E-state index contributed by atoms with van der Waals surface area (Å²) in [6, 6.07) is 12.8. The Kier molecular flexibility index (Phi) is 8.82. The van der Waals surface area contributed by atoms with Crippen LogP contribution in [0.2, 0.25) is 0 Å². The van der Waals surface area contributed by atoms with Crippen LogP contribution in [0.15, 0.2) is 36.4 Å². The van der Waals surface area contributed by atoms with E-state index in [1.165, 1.54) is 6.07 Å². The Morgan fingerprint density at radius 1 is 1.24 bits per heavy atom. The Bertz CT molecular complexity index is 1220. The van der Waals surface area contributed by atoms with E-state index in [2.05, 4.69) is 21.3 Å². The Balaban J connectivity index is 0.00000320. The number of likely N-dealkylation sites (tertiary alicyclic amines) is 1. The van der Waals surface area contributed by atoms with E-state index in [4.69, 9.17) is 0 Å². The molecule has 1 unspecified atom stereocenters. The zero-order chi connectivity index (χ0) is 25.4. The van der Waals surface area contributed by atoms with Gasteiger partial charge < -0.3 is 15.4 Å². The Morgan fingerprint density at radius 3 is 2.70 bits per heavy atom. The van der Waals surface area contributed by atoms with Gasteiger partial charge in [-0.05, 0) is 31.4 Å². The van der Waals surface area contributed by atoms with Crippen molar-refractivity contribution in [2.75, 3.05) is 44.8 Å². The van der Waals surface area contributed by atoms with E-state index in [1.54, 1.807) is 11.0 Å². The van der Waals surface area contributed by atoms with Gasteiger partial charge in [0, 0.05) is 80.0 Å². The van der Waals surface area contributed by atoms with Gasteiger partial charge in [-0.25, -0.2) is 8.78 Å². The predicted octanol–water partition coefficient (Wildman–Crippen LogP) is 4.52. The van der Waals surface area contributed by atoms with Gasteiger partial charge in [0.25, 0.3) is 5.92 Å². The van der Waals surface area contributed by atoms with Crippen LogP contribution in [-0.2, 0) is 32.3 Å². The Hall–Kier alpha value is -1.75. The van der Waals surface area contributed by atoms with Crippen molar-refractivity contribution in [2.45, 2.75) is 43.8 Å². The molecule has 1 aromatic heterocycles. The summed E-state index contributed by atoms with van der Waals surface area (Å²) in [5, 5.41) is 13.5. The molecule has 0 spiro atoms. The smallest absolute Gasteiger partial charge is 0.283 e. The van der Waals surface area contributed by atoms with Crippen LogP contribution in [0.1, 0.15) is 36.2 Å². The van der Waals surface area contributed by atoms with E-state index in [9.17, 15) is 18.3 Å². The molecule has 10 heteroatoms. The number of aromatic nitrogens is 1. The van der Waals surface area contributed by atoms with Crippen LogP contribution >= 0.6 is 0 Å². The van der Waals surface area contributed by atoms with Crippen molar-refractivity contribution < 1.29 is 48.5 Å². The number of H-pyrrole nitrogens is 1. The first-order valence-electron chi connectivity index (χ1n) is 12.4. The molecule has 0 saturated carbocycles. The summed E-state index contributed by atoms with van der Waals surface area (Å²) in [7, 11) is 0. The third-order valence-corrected chi connectivity index (χ3v) is 7.29. The normalized spacial score (nSPS) is 20.9. The molecule has 2 aliphatic heterocycles. The van der Waals surface area contributed by atoms with Gasteiger partial charge in [-0.1, -0.05) is 23.9 Å². The molecular formula is C27H31F4HfN4O-. The number of benzene rings is 2. The van der Waals surface area contributed by atoms with E-state index in [-0.39, 0.29) is 50.2 Å². The fourth-order valence-electron chi connectivity index (χ4n) is 5.52. The number of hydrogen-bond acceptors (Lipinski definition) is 4. The first kappa shape index (κ1) is 28.3. The molecule has 5 nitrogen and oxygen atoms in total. The average Bonchev–Trinajstić information content (AvgIpc) is 3.19. The number of fused-ring (bicyclic) bond motifs is 3. The van der Waals surface area contributed by atoms with Crippen molar-refractivity contribution in [1.82, 2.24) is 14.8 Å². The average molecular weight is 682 g/mol. The van der Waals surface area contributed by atoms with Gasteiger partial charge in [-0.2, -0.15) is 12.1 Å². The molecule has 3 heterocycles. The largest absolute Gasteiger partial charge is 0.432 e. The maximum atomic E-state index is 15.6. The molecule has 2 aliphatic rings. The summed E-state index contributed by atoms with van der Waals surface area (Å²) in [4.78, 5) is 7.04. The topological polar surface area (TPSA) is 54.5 Å². The van der Waals surface area contributed by atoms with E-state index in [0.717, 1.165) is 29.6 Å². The summed E-state index contributed by atoms with van der Waals surface area (Å²) >= 11 is 0. The molecule has 3 N–H and O–H groups in total. The standard InChI is InChI=1S/C27H31F4N4O.Hf/c1-17-11-22-20-5-2-3-6-24(20)33-25(22)26(35(17)15-27(30,31)16-36)21-8-7-18(12-23(21)29)32-19-13-34(14-19)10-4-9-28;/h2-3,5-7,12,17,19,26,32-33,36H,4,9-11,13-16H2,1H3;/q-1;/t17?,26-;/m1./s1. The summed E-state index contributed by atoms with van der Waals surface area (Å²) < 4.78 is 56.8. The molecule has 1 saturated heterocycles. The van der Waals surface area contributed by atoms with Gasteiger partial charge in [0.1, 0.15) is 6.61 Å². The summed E-state index contributed by atoms with van der Waals surface area (Å²) in [6.45, 7) is 1.75. The van der Waals surface area contributed by atoms with Gasteiger partial charge in [-0.3, -0.25) is 18.6 Å². The summed E-state index contributed by atoms with van der Waals surface area (Å²) in [5.74, 6) is -3.86. The first-order chi connectivity index (χ1) is 17.3. The molecule has 2 aromatic carbocycles. The number of halogens is 4. The molecule has 1 fully saturated rings. The number of alkyl halides is 3. The second kappa shape index (κ2) is 11.6. The Morgan fingerprint density at radius 2 is 2.00 bits per heavy atom. The predicted molar refractivity (Wildman–Crippen MR) is 132 cm³/mol. The first-order valence-corrected chi connectivity index (χ1v) is 12.4. The van der Waals surface area contributed by atoms with Gasteiger partial charge in [-0.15, -0.1) is 11.6 Å². The number of rotatable bonds is 9. The molecule has 3 aromatic rings. The fourth-order valence-corrected chi connectivity index (χ4v) is 5.52. The van der Waals surface area contributed by atoms with Crippen LogP contribution < -0.4 is 5.32 Å². The molecular weight excluding hydrogens is 651 g/mol. The number of anilines is 1. The maximum absolute atomic E-state index is 15.6. The van der Waals surface area contributed by atoms with Crippen molar-refractivity contribution in [2.24, 2.45) is 0 Å². The minimum absolute atomic E-state index is 0. The van der Waals surface area contributed by atoms with Crippen molar-refractivity contribution in [3.63, 3.8) is 0 Å². The van der Waals surface area contributed by atoms with Gasteiger partial charge in [0.05, 0.1) is 19.3 Å². The number of para-hydroxylation sites is 1. The minimum atomic E-state index is -3.33. The summed E-state index contributed by atoms with van der Waals surface area (Å²) in [5.41, 5.74) is 3.30. The number of nitrogens with one attached hydrogen (secondary N) is 2. The number of aromatic amines is 1. The molecule has 0 amide bonds. The third kappa shape index (κ3) is 5.82. The van der Waals surface area contributed by atoms with Crippen LogP contribution in [0.4, 0.5) is 23.2 Å². The second-order valence-electron chi connectivity index (χ2n) is 10.00. The minimum Gasteiger partial charge on any atom is -0.432 e. The number of aliphatic hydroxyl groups excluding tert-OH is 1. The number of hydrogen-bond donors (Lipinski definition) is 3. The fraction of sp³-hybridized carbons (Fsp3) is 0.481. The van der Waals surface area contributed by atoms with Crippen LogP contribution in [-0.4, -0.2) is 77.4 Å². The van der Waals surface area contributed by atoms with Crippen molar-refractivity contribution in [1.29, 1.82) is 0 Å². The Labute approximate surface area is 233 Å². The van der Waals surface area contributed by atoms with Crippen LogP contribution in [0.5, 0.6) is 0 Å². The van der Waals surface area contributed by atoms with Crippen molar-refractivity contribution >= 4 is 16.6 Å². The van der Waals surface area contributed by atoms with E-state index >= 15 is 4.39 Å². The molecule has 2 atom stereocenters. The van der Waals surface area contributed by atoms with E-state index in [0.29, 0.717) is 30.8 Å². The quantitative estimate of drug-likeness (QED) is 0.177. The molecule has 5 rings (SSSR count). The number of aliphatic hydroxyl groups is 1. The molecule has 198 valence electrons. The zero-order valence-electron chi connectivity index (χ0n) is 20.7. The van der Waals surface area contributed by atoms with Crippen molar-refractivity contribution in [3.8, 4) is 0 Å². The van der Waals surface area contributed by atoms with Gasteiger partial charge in [0.15, 0.2) is 0 Å². The second-order valence-corrected chi connectivity index (χ2v) is 10.00. The SMILES string of the molecule is CC1Cc2c([nH]c3ccccc23)[C@@H](c2[c-]cc(NC3CN(CCCF)C3)cc2F)N1CC(F)(F)CO.[Hf]. The third-order valence-electron chi connectivity index (χ3n) is 7.29. The van der Waals surface area contributed by atoms with Gasteiger partial charge >= 0.3 is 0 Å². The monoisotopic (exact) mass is 683 g/mol. The van der Waals surface area contributed by atoms with Gasteiger partial charge in [0.2, 0.25) is 0 Å². The van der Waals surface area contributed by atoms with Crippen molar-refractivity contribution in [3.05, 3.63) is 65.1 Å². The molecule has 0 aliphatic carbocycles.